The number of aromatic nitrogens is 2. The Morgan fingerprint density at radius 3 is 2.61 bits per heavy atom. The van der Waals surface area contributed by atoms with E-state index in [1.807, 2.05) is 51.1 Å². The molecule has 0 aliphatic carbocycles. The zero-order chi connectivity index (χ0) is 23.8. The quantitative estimate of drug-likeness (QED) is 0.620. The van der Waals surface area contributed by atoms with Crippen molar-refractivity contribution in [3.63, 3.8) is 0 Å². The molecule has 33 heavy (non-hydrogen) atoms. The van der Waals surface area contributed by atoms with Gasteiger partial charge in [0.25, 0.3) is 0 Å². The van der Waals surface area contributed by atoms with Crippen LogP contribution in [0, 0.1) is 13.8 Å². The van der Waals surface area contributed by atoms with Gasteiger partial charge in [0.2, 0.25) is 0 Å². The molecule has 174 valence electrons. The van der Waals surface area contributed by atoms with E-state index in [1.165, 1.54) is 0 Å². The first-order valence-electron chi connectivity index (χ1n) is 11.3. The summed E-state index contributed by atoms with van der Waals surface area (Å²) in [5.74, 6) is 0.803. The van der Waals surface area contributed by atoms with Gasteiger partial charge in [-0.15, -0.1) is 0 Å². The van der Waals surface area contributed by atoms with Gasteiger partial charge >= 0.3 is 6.09 Å². The fourth-order valence-electron chi connectivity index (χ4n) is 4.21. The van der Waals surface area contributed by atoms with Crippen molar-refractivity contribution in [2.24, 2.45) is 0 Å². The third-order valence-electron chi connectivity index (χ3n) is 5.68. The van der Waals surface area contributed by atoms with Crippen LogP contribution in [0.3, 0.4) is 0 Å². The number of hydrogen-bond donors (Lipinski definition) is 1. The second kappa shape index (κ2) is 8.98. The van der Waals surface area contributed by atoms with E-state index in [4.69, 9.17) is 19.4 Å². The summed E-state index contributed by atoms with van der Waals surface area (Å²) in [5.41, 5.74) is 5.06. The molecule has 1 aromatic carbocycles. The lowest BCUT2D eigenvalue weighted by Gasteiger charge is -2.34. The highest BCUT2D eigenvalue weighted by Gasteiger charge is 2.28. The zero-order valence-electron chi connectivity index (χ0n) is 20.2. The van der Waals surface area contributed by atoms with Gasteiger partial charge in [-0.25, -0.2) is 14.8 Å². The van der Waals surface area contributed by atoms with Gasteiger partial charge in [0.1, 0.15) is 11.4 Å². The second-order valence-electron chi connectivity index (χ2n) is 9.57. The molecule has 0 saturated carbocycles. The van der Waals surface area contributed by atoms with Crippen molar-refractivity contribution in [2.45, 2.75) is 46.3 Å². The van der Waals surface area contributed by atoms with Crippen LogP contribution in [-0.2, 0) is 4.74 Å². The normalized spacial score (nSPS) is 16.7. The molecule has 1 unspecified atom stereocenters. The zero-order valence-corrected chi connectivity index (χ0v) is 20.2. The van der Waals surface area contributed by atoms with E-state index in [2.05, 4.69) is 25.2 Å². The van der Waals surface area contributed by atoms with E-state index in [9.17, 15) is 4.79 Å². The first-order valence-corrected chi connectivity index (χ1v) is 11.3. The topological polar surface area (TPSA) is 76.6 Å². The Bertz CT molecular complexity index is 1190. The van der Waals surface area contributed by atoms with Crippen LogP contribution in [-0.4, -0.2) is 53.3 Å². The average Bonchev–Trinajstić information content (AvgIpc) is 2.76. The van der Waals surface area contributed by atoms with Gasteiger partial charge in [0.05, 0.1) is 24.5 Å². The first-order chi connectivity index (χ1) is 15.6. The number of fused-ring (bicyclic) bond motifs is 1. The van der Waals surface area contributed by atoms with Crippen molar-refractivity contribution >= 4 is 17.1 Å². The summed E-state index contributed by atoms with van der Waals surface area (Å²) in [6, 6.07) is 12.1. The van der Waals surface area contributed by atoms with E-state index >= 15 is 0 Å². The smallest absolute Gasteiger partial charge is 0.410 e. The van der Waals surface area contributed by atoms with Crippen molar-refractivity contribution in [1.29, 1.82) is 0 Å². The van der Waals surface area contributed by atoms with Gasteiger partial charge in [-0.3, -0.25) is 0 Å². The van der Waals surface area contributed by atoms with Crippen LogP contribution in [0.1, 0.15) is 43.6 Å². The number of methoxy groups -OCH3 is 1. The average molecular weight is 449 g/mol. The molecule has 1 aliphatic heterocycles. The number of aryl methyl sites for hydroxylation is 2. The Balaban J connectivity index is 1.64. The predicted octanol–water partition coefficient (Wildman–Crippen LogP) is 4.80. The van der Waals surface area contributed by atoms with Crippen molar-refractivity contribution in [2.75, 3.05) is 26.7 Å². The number of amides is 1. The molecule has 1 atom stereocenters. The molecule has 3 heterocycles. The SMILES string of the molecule is COc1cc(C)cc(C)c1-c1ccc2ccc(C3CN(C(=O)OC(C)(C)C)CCN3)nc2n1. The number of nitrogens with one attached hydrogen (secondary N) is 1. The molecule has 0 radical (unpaired) electrons. The number of carbonyl (C=O) groups excluding carboxylic acids is 1. The molecule has 1 fully saturated rings. The molecule has 1 aliphatic rings. The van der Waals surface area contributed by atoms with Crippen LogP contribution in [0.25, 0.3) is 22.3 Å². The molecular weight excluding hydrogens is 416 g/mol. The van der Waals surface area contributed by atoms with E-state index in [1.54, 1.807) is 12.0 Å². The minimum absolute atomic E-state index is 0.0863. The highest BCUT2D eigenvalue weighted by Crippen LogP contribution is 2.34. The van der Waals surface area contributed by atoms with E-state index in [-0.39, 0.29) is 12.1 Å². The van der Waals surface area contributed by atoms with Crippen LogP contribution >= 0.6 is 0 Å². The summed E-state index contributed by atoms with van der Waals surface area (Å²) in [6.45, 7) is 11.5. The minimum atomic E-state index is -0.520. The summed E-state index contributed by atoms with van der Waals surface area (Å²) in [4.78, 5) is 24.0. The Morgan fingerprint density at radius 2 is 1.88 bits per heavy atom. The molecule has 7 nitrogen and oxygen atoms in total. The van der Waals surface area contributed by atoms with Gasteiger partial charge in [0.15, 0.2) is 5.65 Å². The molecular formula is C26H32N4O3. The molecule has 1 amide bonds. The second-order valence-corrected chi connectivity index (χ2v) is 9.57. The number of piperazine rings is 1. The van der Waals surface area contributed by atoms with Crippen molar-refractivity contribution in [1.82, 2.24) is 20.2 Å². The minimum Gasteiger partial charge on any atom is -0.496 e. The molecule has 3 aromatic rings. The van der Waals surface area contributed by atoms with E-state index in [0.717, 1.165) is 39.2 Å². The summed E-state index contributed by atoms with van der Waals surface area (Å²) in [5, 5.41) is 4.43. The summed E-state index contributed by atoms with van der Waals surface area (Å²) >= 11 is 0. The number of rotatable bonds is 3. The summed E-state index contributed by atoms with van der Waals surface area (Å²) < 4.78 is 11.2. The number of nitrogens with zero attached hydrogens (tertiary/aromatic N) is 3. The Labute approximate surface area is 195 Å². The third-order valence-corrected chi connectivity index (χ3v) is 5.68. The summed E-state index contributed by atoms with van der Waals surface area (Å²) in [6.07, 6.45) is -0.294. The van der Waals surface area contributed by atoms with Gasteiger partial charge in [-0.05, 0) is 76.1 Å². The lowest BCUT2D eigenvalue weighted by atomic mass is 10.0. The van der Waals surface area contributed by atoms with Gasteiger partial charge in [-0.2, -0.15) is 0 Å². The van der Waals surface area contributed by atoms with Crippen LogP contribution < -0.4 is 10.1 Å². The number of ether oxygens (including phenoxy) is 2. The highest BCUT2D eigenvalue weighted by molar-refractivity contribution is 5.81. The Hall–Kier alpha value is -3.19. The molecule has 2 aromatic heterocycles. The molecule has 7 heteroatoms. The number of carbonyl (C=O) groups is 1. The standard InChI is InChI=1S/C26H32N4O3/c1-16-13-17(2)23(22(14-16)32-6)20-10-8-18-7-9-19(28-24(18)29-20)21-15-30(12-11-27-21)25(31)33-26(3,4)5/h7-10,13-14,21,27H,11-12,15H2,1-6H3. The lowest BCUT2D eigenvalue weighted by Crippen LogP contribution is -2.49. The molecule has 1 saturated heterocycles. The fourth-order valence-corrected chi connectivity index (χ4v) is 4.21. The maximum absolute atomic E-state index is 12.6. The Kier molecular flexibility index (Phi) is 6.26. The van der Waals surface area contributed by atoms with Crippen LogP contribution in [0.5, 0.6) is 5.75 Å². The number of benzene rings is 1. The first kappa shape index (κ1) is 23.0. The predicted molar refractivity (Wildman–Crippen MR) is 130 cm³/mol. The summed E-state index contributed by atoms with van der Waals surface area (Å²) in [7, 11) is 1.68. The largest absolute Gasteiger partial charge is 0.496 e. The molecule has 1 N–H and O–H groups in total. The van der Waals surface area contributed by atoms with Crippen molar-refractivity contribution in [3.05, 3.63) is 53.2 Å². The number of hydrogen-bond acceptors (Lipinski definition) is 6. The van der Waals surface area contributed by atoms with E-state index in [0.29, 0.717) is 25.3 Å². The van der Waals surface area contributed by atoms with Crippen LogP contribution in [0.2, 0.25) is 0 Å². The van der Waals surface area contributed by atoms with E-state index < -0.39 is 5.60 Å². The monoisotopic (exact) mass is 448 g/mol. The van der Waals surface area contributed by atoms with Gasteiger partial charge < -0.3 is 19.7 Å². The fraction of sp³-hybridized carbons (Fsp3) is 0.423. The van der Waals surface area contributed by atoms with Crippen LogP contribution in [0.4, 0.5) is 4.79 Å². The maximum atomic E-state index is 12.6. The number of pyridine rings is 2. The van der Waals surface area contributed by atoms with Gasteiger partial charge in [0, 0.05) is 30.6 Å². The highest BCUT2D eigenvalue weighted by atomic mass is 16.6. The van der Waals surface area contributed by atoms with Gasteiger partial charge in [-0.1, -0.05) is 6.07 Å². The third kappa shape index (κ3) is 5.09. The lowest BCUT2D eigenvalue weighted by molar-refractivity contribution is 0.0194. The van der Waals surface area contributed by atoms with Crippen molar-refractivity contribution < 1.29 is 14.3 Å². The van der Waals surface area contributed by atoms with Crippen molar-refractivity contribution in [3.8, 4) is 17.0 Å². The molecule has 0 bridgehead atoms. The van der Waals surface area contributed by atoms with Crippen LogP contribution in [0.15, 0.2) is 36.4 Å². The Morgan fingerprint density at radius 1 is 1.12 bits per heavy atom. The maximum Gasteiger partial charge on any atom is 0.410 e. The molecule has 4 rings (SSSR count). The molecule has 0 spiro atoms.